The van der Waals surface area contributed by atoms with Gasteiger partial charge in [0, 0.05) is 38.9 Å². The molecular formula is C19H18F5N3O2. The Morgan fingerprint density at radius 2 is 1.62 bits per heavy atom. The van der Waals surface area contributed by atoms with Gasteiger partial charge in [0.25, 0.3) is 5.91 Å². The maximum atomic E-state index is 13.6. The molecule has 0 bridgehead atoms. The van der Waals surface area contributed by atoms with Gasteiger partial charge < -0.3 is 9.64 Å². The summed E-state index contributed by atoms with van der Waals surface area (Å²) in [6.07, 6.45) is 2.35. The van der Waals surface area contributed by atoms with Crippen LogP contribution in [0, 0.1) is 29.1 Å². The summed E-state index contributed by atoms with van der Waals surface area (Å²) in [6.45, 7) is 1.77. The van der Waals surface area contributed by atoms with Gasteiger partial charge in [-0.3, -0.25) is 14.7 Å². The number of benzene rings is 1. The molecule has 0 radical (unpaired) electrons. The number of amides is 1. The van der Waals surface area contributed by atoms with Crippen LogP contribution in [0.5, 0.6) is 5.75 Å². The van der Waals surface area contributed by atoms with Crippen LogP contribution in [-0.2, 0) is 11.3 Å². The van der Waals surface area contributed by atoms with Crippen LogP contribution in [-0.4, -0.2) is 53.5 Å². The van der Waals surface area contributed by atoms with Crippen LogP contribution in [0.4, 0.5) is 22.0 Å². The summed E-state index contributed by atoms with van der Waals surface area (Å²) in [5, 5.41) is 0. The van der Waals surface area contributed by atoms with Crippen molar-refractivity contribution in [1.29, 1.82) is 0 Å². The van der Waals surface area contributed by atoms with E-state index < -0.39 is 47.3 Å². The van der Waals surface area contributed by atoms with Crippen LogP contribution in [0.3, 0.4) is 0 Å². The molecule has 3 rings (SSSR count). The predicted octanol–water partition coefficient (Wildman–Crippen LogP) is 2.89. The number of halogens is 5. The molecule has 1 aliphatic rings. The molecule has 1 amide bonds. The molecule has 0 unspecified atom stereocenters. The largest absolute Gasteiger partial charge is 0.477 e. The SMILES string of the molecule is O=C(COc1c(F)c(F)c(F)c(F)c1F)N1CCCN(Cc2ccccn2)CC1. The molecular weight excluding hydrogens is 397 g/mol. The summed E-state index contributed by atoms with van der Waals surface area (Å²) in [5.74, 6) is -12.8. The predicted molar refractivity (Wildman–Crippen MR) is 92.4 cm³/mol. The van der Waals surface area contributed by atoms with E-state index in [9.17, 15) is 26.7 Å². The lowest BCUT2D eigenvalue weighted by Gasteiger charge is -2.22. The molecule has 2 aromatic rings. The first kappa shape index (κ1) is 21.0. The van der Waals surface area contributed by atoms with Crippen LogP contribution in [0.1, 0.15) is 12.1 Å². The Bertz CT molecular complexity index is 853. The van der Waals surface area contributed by atoms with Gasteiger partial charge in [-0.05, 0) is 18.6 Å². The van der Waals surface area contributed by atoms with Crippen LogP contribution in [0.2, 0.25) is 0 Å². The molecule has 1 aromatic carbocycles. The van der Waals surface area contributed by atoms with Gasteiger partial charge in [0.15, 0.2) is 12.4 Å². The number of pyridine rings is 1. The number of aromatic nitrogens is 1. The Kier molecular flexibility index (Phi) is 6.63. The third-order valence-electron chi connectivity index (χ3n) is 4.56. The van der Waals surface area contributed by atoms with Gasteiger partial charge in [0.1, 0.15) is 0 Å². The zero-order valence-corrected chi connectivity index (χ0v) is 15.3. The van der Waals surface area contributed by atoms with E-state index in [1.54, 1.807) is 6.20 Å². The maximum absolute atomic E-state index is 13.6. The quantitative estimate of drug-likeness (QED) is 0.428. The molecule has 0 N–H and O–H groups in total. The van der Waals surface area contributed by atoms with E-state index in [1.165, 1.54) is 4.90 Å². The highest BCUT2D eigenvalue weighted by atomic mass is 19.2. The van der Waals surface area contributed by atoms with Crippen molar-refractivity contribution < 1.29 is 31.5 Å². The van der Waals surface area contributed by atoms with Crippen molar-refractivity contribution in [1.82, 2.24) is 14.8 Å². The summed E-state index contributed by atoms with van der Waals surface area (Å²) in [4.78, 5) is 20.1. The molecule has 5 nitrogen and oxygen atoms in total. The Hall–Kier alpha value is -2.75. The standard InChI is InChI=1S/C19H18F5N3O2/c20-14-15(21)17(23)19(18(24)16(14)22)29-11-13(28)27-7-3-6-26(8-9-27)10-12-4-1-2-5-25-12/h1-2,4-5H,3,6-11H2. The molecule has 1 fully saturated rings. The molecule has 1 aromatic heterocycles. The van der Waals surface area contributed by atoms with Crippen molar-refractivity contribution in [3.05, 3.63) is 59.2 Å². The monoisotopic (exact) mass is 415 g/mol. The van der Waals surface area contributed by atoms with Gasteiger partial charge >= 0.3 is 0 Å². The summed E-state index contributed by atoms with van der Waals surface area (Å²) in [7, 11) is 0. The summed E-state index contributed by atoms with van der Waals surface area (Å²) in [5.41, 5.74) is 0.891. The van der Waals surface area contributed by atoms with Crippen molar-refractivity contribution in [3.63, 3.8) is 0 Å². The number of carbonyl (C=O) groups excluding carboxylic acids is 1. The number of carbonyl (C=O) groups is 1. The number of nitrogens with zero attached hydrogens (tertiary/aromatic N) is 3. The molecule has 10 heteroatoms. The fourth-order valence-electron chi connectivity index (χ4n) is 3.04. The second-order valence-electron chi connectivity index (χ2n) is 6.52. The Labute approximate surface area is 163 Å². The number of hydrogen-bond acceptors (Lipinski definition) is 4. The van der Waals surface area contributed by atoms with Gasteiger partial charge in [-0.1, -0.05) is 6.07 Å². The van der Waals surface area contributed by atoms with E-state index in [0.29, 0.717) is 32.6 Å². The highest BCUT2D eigenvalue weighted by Gasteiger charge is 2.28. The average molecular weight is 415 g/mol. The van der Waals surface area contributed by atoms with Gasteiger partial charge in [-0.25, -0.2) is 13.2 Å². The Balaban J connectivity index is 1.58. The minimum Gasteiger partial charge on any atom is -0.477 e. The molecule has 156 valence electrons. The average Bonchev–Trinajstić information content (AvgIpc) is 2.97. The summed E-state index contributed by atoms with van der Waals surface area (Å²) < 4.78 is 71.4. The van der Waals surface area contributed by atoms with Gasteiger partial charge in [0.2, 0.25) is 29.1 Å². The molecule has 29 heavy (non-hydrogen) atoms. The smallest absolute Gasteiger partial charge is 0.260 e. The first-order valence-electron chi connectivity index (χ1n) is 8.92. The zero-order chi connectivity index (χ0) is 21.0. The van der Waals surface area contributed by atoms with Gasteiger partial charge in [-0.15, -0.1) is 0 Å². The van der Waals surface area contributed by atoms with Crippen LogP contribution < -0.4 is 4.74 Å². The highest BCUT2D eigenvalue weighted by molar-refractivity contribution is 5.77. The van der Waals surface area contributed by atoms with E-state index in [4.69, 9.17) is 0 Å². The maximum Gasteiger partial charge on any atom is 0.260 e. The van der Waals surface area contributed by atoms with E-state index in [1.807, 2.05) is 18.2 Å². The van der Waals surface area contributed by atoms with Crippen LogP contribution in [0.15, 0.2) is 24.4 Å². The Morgan fingerprint density at radius 1 is 0.931 bits per heavy atom. The minimum absolute atomic E-state index is 0.339. The lowest BCUT2D eigenvalue weighted by atomic mass is 10.2. The fourth-order valence-corrected chi connectivity index (χ4v) is 3.04. The van der Waals surface area contributed by atoms with Crippen molar-refractivity contribution in [2.75, 3.05) is 32.8 Å². The number of ether oxygens (including phenoxy) is 1. The molecule has 2 heterocycles. The molecule has 1 saturated heterocycles. The van der Waals surface area contributed by atoms with Crippen LogP contribution >= 0.6 is 0 Å². The first-order chi connectivity index (χ1) is 13.9. The van der Waals surface area contributed by atoms with E-state index in [-0.39, 0.29) is 0 Å². The summed E-state index contributed by atoms with van der Waals surface area (Å²) in [6, 6.07) is 5.59. The second kappa shape index (κ2) is 9.17. The van der Waals surface area contributed by atoms with Crippen molar-refractivity contribution in [2.24, 2.45) is 0 Å². The molecule has 0 saturated carbocycles. The molecule has 0 aliphatic carbocycles. The van der Waals surface area contributed by atoms with Crippen LogP contribution in [0.25, 0.3) is 0 Å². The zero-order valence-electron chi connectivity index (χ0n) is 15.3. The van der Waals surface area contributed by atoms with E-state index in [0.717, 1.165) is 12.2 Å². The van der Waals surface area contributed by atoms with Gasteiger partial charge in [0.05, 0.1) is 5.69 Å². The highest BCUT2D eigenvalue weighted by Crippen LogP contribution is 2.29. The Morgan fingerprint density at radius 3 is 2.28 bits per heavy atom. The van der Waals surface area contributed by atoms with Crippen molar-refractivity contribution in [3.8, 4) is 5.75 Å². The third kappa shape index (κ3) is 4.81. The minimum atomic E-state index is -2.28. The van der Waals surface area contributed by atoms with E-state index >= 15 is 0 Å². The first-order valence-corrected chi connectivity index (χ1v) is 8.92. The number of hydrogen-bond donors (Lipinski definition) is 0. The second-order valence-corrected chi connectivity index (χ2v) is 6.52. The molecule has 0 spiro atoms. The van der Waals surface area contributed by atoms with Gasteiger partial charge in [-0.2, -0.15) is 8.78 Å². The molecule has 1 aliphatic heterocycles. The van der Waals surface area contributed by atoms with Crippen molar-refractivity contribution >= 4 is 5.91 Å². The number of rotatable bonds is 5. The summed E-state index contributed by atoms with van der Waals surface area (Å²) >= 11 is 0. The lowest BCUT2D eigenvalue weighted by molar-refractivity contribution is -0.133. The fraction of sp³-hybridized carbons (Fsp3) is 0.368. The lowest BCUT2D eigenvalue weighted by Crippen LogP contribution is -2.38. The normalized spacial score (nSPS) is 15.3. The molecule has 0 atom stereocenters. The van der Waals surface area contributed by atoms with E-state index in [2.05, 4.69) is 14.6 Å². The topological polar surface area (TPSA) is 45.7 Å². The third-order valence-corrected chi connectivity index (χ3v) is 4.56. The van der Waals surface area contributed by atoms with Crippen molar-refractivity contribution in [2.45, 2.75) is 13.0 Å².